The molecule has 5 aliphatic rings. The maximum atomic E-state index is 5.62. The Morgan fingerprint density at radius 3 is 1.07 bits per heavy atom. The van der Waals surface area contributed by atoms with Gasteiger partial charge in [-0.05, 0) is 83.1 Å². The lowest BCUT2D eigenvalue weighted by Gasteiger charge is -2.56. The van der Waals surface area contributed by atoms with Crippen LogP contribution in [-0.2, 0) is 18.9 Å². The van der Waals surface area contributed by atoms with Crippen LogP contribution in [0.3, 0.4) is 0 Å². The average molecular weight is 585 g/mol. The summed E-state index contributed by atoms with van der Waals surface area (Å²) in [5.74, 6) is 0. The quantitative estimate of drug-likeness (QED) is 0.480. The summed E-state index contributed by atoms with van der Waals surface area (Å²) < 4.78 is 21.6. The van der Waals surface area contributed by atoms with Crippen LogP contribution in [0.15, 0.2) is 0 Å². The number of hydrogen-bond donors (Lipinski definition) is 0. The molecule has 0 saturated carbocycles. The first-order chi connectivity index (χ1) is 19.2. The second-order valence-corrected chi connectivity index (χ2v) is 14.3. The first-order valence-electron chi connectivity index (χ1n) is 16.6. The summed E-state index contributed by atoms with van der Waals surface area (Å²) in [6.45, 7) is 39.5. The molecule has 1 spiro atoms. The van der Waals surface area contributed by atoms with E-state index in [2.05, 4.69) is 103 Å². The van der Waals surface area contributed by atoms with Gasteiger partial charge in [0.05, 0.1) is 50.8 Å². The van der Waals surface area contributed by atoms with E-state index in [9.17, 15) is 0 Å². The summed E-state index contributed by atoms with van der Waals surface area (Å²) in [6, 6.07) is 2.73. The third-order valence-corrected chi connectivity index (χ3v) is 8.76. The Morgan fingerprint density at radius 1 is 0.488 bits per heavy atom. The maximum Gasteiger partial charge on any atom is 0.0678 e. The Morgan fingerprint density at radius 2 is 0.829 bits per heavy atom. The van der Waals surface area contributed by atoms with Gasteiger partial charge in [-0.1, -0.05) is 0 Å². The Hall–Kier alpha value is -0.320. The Kier molecular flexibility index (Phi) is 16.0. The molecule has 5 fully saturated rings. The zero-order valence-corrected chi connectivity index (χ0v) is 29.0. The van der Waals surface area contributed by atoms with Gasteiger partial charge in [0, 0.05) is 81.9 Å². The highest BCUT2D eigenvalue weighted by Crippen LogP contribution is 2.38. The van der Waals surface area contributed by atoms with Crippen LogP contribution in [-0.4, -0.2) is 147 Å². The first-order valence-corrected chi connectivity index (χ1v) is 16.6. The van der Waals surface area contributed by atoms with E-state index in [4.69, 9.17) is 18.9 Å². The van der Waals surface area contributed by atoms with E-state index in [1.165, 1.54) is 13.1 Å². The SMILES string of the molecule is CC(C)N1CC2(COC2)C1.CC(C)N1CCOCC1.CC(C)N1C[C@@H](C)O[C@@H](C)C1.CC(C)N1C[C@@H](C)O[C@@H](C)C1. The van der Waals surface area contributed by atoms with Crippen molar-refractivity contribution >= 4 is 0 Å². The van der Waals surface area contributed by atoms with Gasteiger partial charge in [-0.3, -0.25) is 19.6 Å². The summed E-state index contributed by atoms with van der Waals surface area (Å²) in [4.78, 5) is 9.88. The molecule has 0 radical (unpaired) electrons. The topological polar surface area (TPSA) is 49.9 Å². The van der Waals surface area contributed by atoms with Crippen LogP contribution in [0.25, 0.3) is 0 Å². The molecular weight excluding hydrogens is 516 g/mol. The van der Waals surface area contributed by atoms with Crippen molar-refractivity contribution in [1.29, 1.82) is 0 Å². The summed E-state index contributed by atoms with van der Waals surface area (Å²) in [6.07, 6.45) is 1.62. The number of hydrogen-bond acceptors (Lipinski definition) is 8. The van der Waals surface area contributed by atoms with E-state index in [0.29, 0.717) is 48.0 Å². The van der Waals surface area contributed by atoms with Crippen molar-refractivity contribution in [3.63, 3.8) is 0 Å². The molecule has 0 amide bonds. The lowest BCUT2D eigenvalue weighted by atomic mass is 9.77. The molecule has 41 heavy (non-hydrogen) atoms. The number of morpholine rings is 3. The fourth-order valence-electron chi connectivity index (χ4n) is 6.13. The lowest BCUT2D eigenvalue weighted by molar-refractivity contribution is -0.195. The zero-order valence-electron chi connectivity index (χ0n) is 29.0. The fraction of sp³-hybridized carbons (Fsp3) is 1.00. The minimum absolute atomic E-state index is 0.404. The van der Waals surface area contributed by atoms with Gasteiger partial charge in [-0.15, -0.1) is 0 Å². The van der Waals surface area contributed by atoms with Crippen molar-refractivity contribution in [2.45, 2.75) is 132 Å². The van der Waals surface area contributed by atoms with Gasteiger partial charge in [0.15, 0.2) is 0 Å². The Labute approximate surface area is 254 Å². The van der Waals surface area contributed by atoms with Crippen LogP contribution in [0.5, 0.6) is 0 Å². The van der Waals surface area contributed by atoms with Crippen molar-refractivity contribution in [3.05, 3.63) is 0 Å². The van der Waals surface area contributed by atoms with E-state index in [1.807, 2.05) is 0 Å². The van der Waals surface area contributed by atoms with E-state index < -0.39 is 0 Å². The summed E-state index contributed by atoms with van der Waals surface area (Å²) >= 11 is 0. The molecule has 5 rings (SSSR count). The van der Waals surface area contributed by atoms with Crippen molar-refractivity contribution in [2.24, 2.45) is 5.41 Å². The highest BCUT2D eigenvalue weighted by atomic mass is 16.5. The van der Waals surface area contributed by atoms with Crippen LogP contribution in [0.4, 0.5) is 0 Å². The molecule has 5 saturated heterocycles. The zero-order chi connectivity index (χ0) is 30.7. The number of nitrogens with zero attached hydrogens (tertiary/aromatic N) is 4. The normalized spacial score (nSPS) is 31.0. The fourth-order valence-corrected chi connectivity index (χ4v) is 6.13. The molecule has 0 aliphatic carbocycles. The molecule has 8 nitrogen and oxygen atoms in total. The van der Waals surface area contributed by atoms with Gasteiger partial charge >= 0.3 is 0 Å². The molecule has 0 bridgehead atoms. The van der Waals surface area contributed by atoms with Gasteiger partial charge in [-0.2, -0.15) is 0 Å². The third-order valence-electron chi connectivity index (χ3n) is 8.76. The molecule has 8 heteroatoms. The monoisotopic (exact) mass is 585 g/mol. The maximum absolute atomic E-state index is 5.62. The van der Waals surface area contributed by atoms with Crippen LogP contribution in [0.2, 0.25) is 0 Å². The van der Waals surface area contributed by atoms with Gasteiger partial charge in [0.1, 0.15) is 0 Å². The summed E-state index contributed by atoms with van der Waals surface area (Å²) in [5, 5.41) is 0. The predicted octanol–water partition coefficient (Wildman–Crippen LogP) is 4.46. The van der Waals surface area contributed by atoms with E-state index >= 15 is 0 Å². The van der Waals surface area contributed by atoms with Gasteiger partial charge in [0.2, 0.25) is 0 Å². The smallest absolute Gasteiger partial charge is 0.0678 e. The minimum atomic E-state index is 0.404. The molecule has 0 N–H and O–H groups in total. The molecular formula is C33H68N4O4. The summed E-state index contributed by atoms with van der Waals surface area (Å²) in [5.41, 5.74) is 0.601. The second-order valence-electron chi connectivity index (χ2n) is 14.3. The van der Waals surface area contributed by atoms with Gasteiger partial charge < -0.3 is 18.9 Å². The Balaban J connectivity index is 0.000000192. The number of likely N-dealkylation sites (tertiary alicyclic amines) is 1. The highest BCUT2D eigenvalue weighted by Gasteiger charge is 2.49. The number of rotatable bonds is 4. The molecule has 0 unspecified atom stereocenters. The van der Waals surface area contributed by atoms with Gasteiger partial charge in [-0.25, -0.2) is 0 Å². The molecule has 0 aromatic rings. The van der Waals surface area contributed by atoms with Crippen molar-refractivity contribution < 1.29 is 18.9 Å². The lowest BCUT2D eigenvalue weighted by Crippen LogP contribution is -2.67. The third kappa shape index (κ3) is 13.1. The van der Waals surface area contributed by atoms with Crippen LogP contribution >= 0.6 is 0 Å². The summed E-state index contributed by atoms with van der Waals surface area (Å²) in [7, 11) is 0. The predicted molar refractivity (Wildman–Crippen MR) is 171 cm³/mol. The van der Waals surface area contributed by atoms with Crippen LogP contribution < -0.4 is 0 Å². The van der Waals surface area contributed by atoms with Gasteiger partial charge in [0.25, 0.3) is 0 Å². The molecule has 244 valence electrons. The van der Waals surface area contributed by atoms with E-state index in [0.717, 1.165) is 71.7 Å². The minimum Gasteiger partial charge on any atom is -0.380 e. The van der Waals surface area contributed by atoms with Crippen molar-refractivity contribution in [2.75, 3.05) is 78.8 Å². The molecule has 5 aliphatic heterocycles. The molecule has 5 heterocycles. The molecule has 4 atom stereocenters. The molecule has 0 aromatic carbocycles. The van der Waals surface area contributed by atoms with Crippen molar-refractivity contribution in [1.82, 2.24) is 19.6 Å². The van der Waals surface area contributed by atoms with Crippen molar-refractivity contribution in [3.8, 4) is 0 Å². The first kappa shape index (κ1) is 36.9. The van der Waals surface area contributed by atoms with Crippen LogP contribution in [0, 0.1) is 5.41 Å². The van der Waals surface area contributed by atoms with E-state index in [1.54, 1.807) is 0 Å². The largest absolute Gasteiger partial charge is 0.380 e. The Bertz CT molecular complexity index is 639. The van der Waals surface area contributed by atoms with Crippen LogP contribution in [0.1, 0.15) is 83.1 Å². The second kappa shape index (κ2) is 17.8. The number of ether oxygens (including phenoxy) is 4. The van der Waals surface area contributed by atoms with E-state index in [-0.39, 0.29) is 0 Å². The standard InChI is InChI=1S/2C9H19NO.C8H15NO.C7H15NO/c2*1-7(2)10-5-8(3)11-9(4)6-10;1-7(2)9-3-8(4-9)5-10-6-8;1-7(2)8-3-5-9-6-4-8/h2*7-9H,5-6H2,1-4H3;7H,3-6H2,1-2H3;7H,3-6H2,1-2H3/t2*8-,9+;;. The average Bonchev–Trinajstić information content (AvgIpc) is 2.82. The molecule has 0 aromatic heterocycles. The highest BCUT2D eigenvalue weighted by molar-refractivity contribution is 5.00.